The van der Waals surface area contributed by atoms with Gasteiger partial charge in [-0.1, -0.05) is 115 Å². The lowest BCUT2D eigenvalue weighted by Crippen LogP contribution is -2.25. The molecule has 8 heteroatoms. The van der Waals surface area contributed by atoms with E-state index in [1.165, 1.54) is 96.8 Å². The SMILES string of the molecule is CCCCCCCCCCCCCCCCCCNC(=O)CCn1nc(C(F)(F)F)c(Cl)c1C. The summed E-state index contributed by atoms with van der Waals surface area (Å²) in [6.07, 6.45) is 16.3. The summed E-state index contributed by atoms with van der Waals surface area (Å²) in [4.78, 5) is 12.0. The Hall–Kier alpha value is -1.24. The molecule has 0 saturated heterocycles. The van der Waals surface area contributed by atoms with E-state index in [-0.39, 0.29) is 24.6 Å². The van der Waals surface area contributed by atoms with E-state index in [4.69, 9.17) is 11.6 Å². The molecule has 1 N–H and O–H groups in total. The van der Waals surface area contributed by atoms with Gasteiger partial charge in [0.15, 0.2) is 5.69 Å². The highest BCUT2D eigenvalue weighted by Gasteiger charge is 2.38. The fourth-order valence-electron chi connectivity index (χ4n) is 4.12. The maximum atomic E-state index is 12.9. The zero-order valence-electron chi connectivity index (χ0n) is 21.2. The normalized spacial score (nSPS) is 11.8. The predicted molar refractivity (Wildman–Crippen MR) is 134 cm³/mol. The lowest BCUT2D eigenvalue weighted by atomic mass is 10.0. The lowest BCUT2D eigenvalue weighted by Gasteiger charge is -2.07. The quantitative estimate of drug-likeness (QED) is 0.179. The summed E-state index contributed by atoms with van der Waals surface area (Å²) in [5.41, 5.74) is -0.875. The van der Waals surface area contributed by atoms with Gasteiger partial charge in [-0.3, -0.25) is 9.48 Å². The van der Waals surface area contributed by atoms with Gasteiger partial charge in [0.25, 0.3) is 0 Å². The molecule has 0 radical (unpaired) electrons. The molecule has 34 heavy (non-hydrogen) atoms. The second kappa shape index (κ2) is 18.1. The molecule has 0 aliphatic carbocycles. The molecule has 1 heterocycles. The Labute approximate surface area is 209 Å². The van der Waals surface area contributed by atoms with Crippen LogP contribution in [0.15, 0.2) is 0 Å². The summed E-state index contributed by atoms with van der Waals surface area (Å²) in [6, 6.07) is 0. The summed E-state index contributed by atoms with van der Waals surface area (Å²) in [5, 5.41) is 5.95. The van der Waals surface area contributed by atoms with Gasteiger partial charge in [-0.25, -0.2) is 0 Å². The van der Waals surface area contributed by atoms with Crippen LogP contribution in [0, 0.1) is 6.92 Å². The average Bonchev–Trinajstić information content (AvgIpc) is 3.08. The van der Waals surface area contributed by atoms with Crippen LogP contribution in [0.5, 0.6) is 0 Å². The molecule has 4 nitrogen and oxygen atoms in total. The Morgan fingerprint density at radius 2 is 1.29 bits per heavy atom. The first kappa shape index (κ1) is 30.8. The highest BCUT2D eigenvalue weighted by atomic mass is 35.5. The van der Waals surface area contributed by atoms with Gasteiger partial charge in [0, 0.05) is 13.0 Å². The molecule has 1 aromatic rings. The Morgan fingerprint density at radius 3 is 1.71 bits per heavy atom. The standard InChI is InChI=1S/C26H45ClF3N3O/c1-3-4-5-6-7-8-9-10-11-12-13-14-15-16-17-18-20-31-23(34)19-21-33-22(2)24(27)25(32-33)26(28,29)30/h3-21H2,1-2H3,(H,31,34). The zero-order valence-corrected chi connectivity index (χ0v) is 22.0. The summed E-state index contributed by atoms with van der Waals surface area (Å²) in [6.45, 7) is 4.41. The summed E-state index contributed by atoms with van der Waals surface area (Å²) in [5.74, 6) is -0.180. The fourth-order valence-corrected chi connectivity index (χ4v) is 4.36. The van der Waals surface area contributed by atoms with E-state index >= 15 is 0 Å². The van der Waals surface area contributed by atoms with Crippen molar-refractivity contribution < 1.29 is 18.0 Å². The number of aryl methyl sites for hydroxylation is 1. The Morgan fingerprint density at radius 1 is 0.853 bits per heavy atom. The van der Waals surface area contributed by atoms with Crippen LogP contribution in [0.25, 0.3) is 0 Å². The molecule has 0 aliphatic rings. The fraction of sp³-hybridized carbons (Fsp3) is 0.846. The van der Waals surface area contributed by atoms with Crippen LogP contribution >= 0.6 is 11.6 Å². The van der Waals surface area contributed by atoms with Crippen LogP contribution in [0.2, 0.25) is 5.02 Å². The number of rotatable bonds is 20. The van der Waals surface area contributed by atoms with E-state index in [0.29, 0.717) is 6.54 Å². The monoisotopic (exact) mass is 507 g/mol. The van der Waals surface area contributed by atoms with Crippen molar-refractivity contribution in [2.45, 2.75) is 136 Å². The smallest absolute Gasteiger partial charge is 0.356 e. The number of unbranched alkanes of at least 4 members (excludes halogenated alkanes) is 15. The molecule has 0 fully saturated rings. The highest BCUT2D eigenvalue weighted by Crippen LogP contribution is 2.35. The van der Waals surface area contributed by atoms with E-state index in [9.17, 15) is 18.0 Å². The number of hydrogen-bond acceptors (Lipinski definition) is 2. The number of carbonyl (C=O) groups excluding carboxylic acids is 1. The number of alkyl halides is 3. The van der Waals surface area contributed by atoms with Crippen molar-refractivity contribution in [2.75, 3.05) is 6.54 Å². The Bertz CT molecular complexity index is 677. The van der Waals surface area contributed by atoms with Crippen molar-refractivity contribution in [3.8, 4) is 0 Å². The van der Waals surface area contributed by atoms with E-state index in [1.54, 1.807) is 0 Å². The van der Waals surface area contributed by atoms with Gasteiger partial charge in [-0.15, -0.1) is 0 Å². The van der Waals surface area contributed by atoms with Crippen LogP contribution in [0.4, 0.5) is 13.2 Å². The number of amides is 1. The molecule has 0 spiro atoms. The zero-order chi connectivity index (χ0) is 25.2. The van der Waals surface area contributed by atoms with E-state index in [1.807, 2.05) is 0 Å². The first-order chi connectivity index (χ1) is 16.3. The van der Waals surface area contributed by atoms with Crippen molar-refractivity contribution in [1.29, 1.82) is 0 Å². The molecule has 0 atom stereocenters. The maximum Gasteiger partial charge on any atom is 0.436 e. The molecule has 0 saturated carbocycles. The van der Waals surface area contributed by atoms with Gasteiger partial charge in [0.05, 0.1) is 17.3 Å². The molecule has 0 bridgehead atoms. The van der Waals surface area contributed by atoms with Gasteiger partial charge in [-0.2, -0.15) is 18.3 Å². The van der Waals surface area contributed by atoms with Gasteiger partial charge < -0.3 is 5.32 Å². The second-order valence-corrected chi connectivity index (χ2v) is 9.75. The first-order valence-electron chi connectivity index (χ1n) is 13.3. The van der Waals surface area contributed by atoms with Gasteiger partial charge in [0.1, 0.15) is 0 Å². The van der Waals surface area contributed by atoms with Crippen molar-refractivity contribution in [3.05, 3.63) is 16.4 Å². The van der Waals surface area contributed by atoms with E-state index < -0.39 is 16.9 Å². The largest absolute Gasteiger partial charge is 0.436 e. The topological polar surface area (TPSA) is 46.9 Å². The first-order valence-corrected chi connectivity index (χ1v) is 13.7. The summed E-state index contributed by atoms with van der Waals surface area (Å²) in [7, 11) is 0. The van der Waals surface area contributed by atoms with Crippen molar-refractivity contribution in [2.24, 2.45) is 0 Å². The summed E-state index contributed by atoms with van der Waals surface area (Å²) < 4.78 is 39.7. The van der Waals surface area contributed by atoms with Crippen LogP contribution < -0.4 is 5.32 Å². The van der Waals surface area contributed by atoms with Crippen molar-refractivity contribution >= 4 is 17.5 Å². The predicted octanol–water partition coefficient (Wildman–Crippen LogP) is 8.63. The Kier molecular flexibility index (Phi) is 16.4. The van der Waals surface area contributed by atoms with E-state index in [0.717, 1.165) is 17.5 Å². The van der Waals surface area contributed by atoms with Crippen LogP contribution in [-0.4, -0.2) is 22.2 Å². The lowest BCUT2D eigenvalue weighted by molar-refractivity contribution is -0.141. The van der Waals surface area contributed by atoms with Crippen LogP contribution in [-0.2, 0) is 17.5 Å². The minimum Gasteiger partial charge on any atom is -0.356 e. The maximum absolute atomic E-state index is 12.9. The molecule has 1 amide bonds. The van der Waals surface area contributed by atoms with E-state index in [2.05, 4.69) is 17.3 Å². The minimum atomic E-state index is -4.59. The third kappa shape index (κ3) is 13.6. The number of halogens is 4. The molecule has 1 aromatic heterocycles. The average molecular weight is 508 g/mol. The van der Waals surface area contributed by atoms with Crippen LogP contribution in [0.1, 0.15) is 127 Å². The van der Waals surface area contributed by atoms with Gasteiger partial charge in [0.2, 0.25) is 5.91 Å². The molecule has 198 valence electrons. The third-order valence-electron chi connectivity index (χ3n) is 6.31. The third-order valence-corrected chi connectivity index (χ3v) is 6.76. The highest BCUT2D eigenvalue weighted by molar-refractivity contribution is 6.31. The molecule has 1 rings (SSSR count). The second-order valence-electron chi connectivity index (χ2n) is 9.37. The van der Waals surface area contributed by atoms with Crippen LogP contribution in [0.3, 0.4) is 0 Å². The summed E-state index contributed by atoms with van der Waals surface area (Å²) >= 11 is 5.73. The molecule has 0 aliphatic heterocycles. The van der Waals surface area contributed by atoms with Crippen molar-refractivity contribution in [1.82, 2.24) is 15.1 Å². The van der Waals surface area contributed by atoms with Gasteiger partial charge >= 0.3 is 6.18 Å². The number of carbonyl (C=O) groups is 1. The number of nitrogens with zero attached hydrogens (tertiary/aromatic N) is 2. The Balaban J connectivity index is 1.93. The van der Waals surface area contributed by atoms with Crippen molar-refractivity contribution in [3.63, 3.8) is 0 Å². The molecule has 0 unspecified atom stereocenters. The molecule has 0 aromatic carbocycles. The molecular weight excluding hydrogens is 463 g/mol. The minimum absolute atomic E-state index is 0.0758. The number of nitrogens with one attached hydrogen (secondary N) is 1. The molecular formula is C26H45ClF3N3O. The van der Waals surface area contributed by atoms with Gasteiger partial charge in [-0.05, 0) is 13.3 Å². The number of hydrogen-bond donors (Lipinski definition) is 1. The number of aromatic nitrogens is 2.